The number of rotatable bonds is 18. The van der Waals surface area contributed by atoms with Gasteiger partial charge in [0.15, 0.2) is 5.75 Å². The first-order chi connectivity index (χ1) is 15.6. The van der Waals surface area contributed by atoms with Crippen LogP contribution < -0.4 is 14.8 Å². The molecule has 1 rings (SSSR count). The molecule has 32 heavy (non-hydrogen) atoms. The Bertz CT molecular complexity index is 653. The van der Waals surface area contributed by atoms with E-state index in [-0.39, 0.29) is 12.4 Å². The normalized spacial score (nSPS) is 10.6. The van der Waals surface area contributed by atoms with Crippen molar-refractivity contribution < 1.29 is 28.5 Å². The van der Waals surface area contributed by atoms with Crippen molar-refractivity contribution in [2.24, 2.45) is 0 Å². The van der Waals surface area contributed by atoms with Crippen molar-refractivity contribution in [3.8, 4) is 11.6 Å². The molecule has 0 aliphatic heterocycles. The number of pyridine rings is 1. The Balaban J connectivity index is 2.31. The van der Waals surface area contributed by atoms with Crippen LogP contribution in [0, 0.1) is 0 Å². The van der Waals surface area contributed by atoms with Gasteiger partial charge in [-0.1, -0.05) is 65.2 Å². The number of amides is 1. The van der Waals surface area contributed by atoms with Crippen molar-refractivity contribution >= 4 is 12.1 Å². The van der Waals surface area contributed by atoms with Crippen LogP contribution in [0.1, 0.15) is 83.6 Å². The minimum atomic E-state index is -0.800. The second-order valence-electron chi connectivity index (χ2n) is 7.70. The van der Waals surface area contributed by atoms with Crippen LogP contribution >= 0.6 is 0 Å². The van der Waals surface area contributed by atoms with Gasteiger partial charge in [-0.2, -0.15) is 0 Å². The molecule has 8 heteroatoms. The van der Waals surface area contributed by atoms with E-state index in [4.69, 9.17) is 18.9 Å². The Morgan fingerprint density at radius 2 is 1.59 bits per heavy atom. The van der Waals surface area contributed by atoms with Gasteiger partial charge in [0.2, 0.25) is 0 Å². The number of nitrogens with one attached hydrogen (secondary N) is 1. The summed E-state index contributed by atoms with van der Waals surface area (Å²) in [6.07, 6.45) is 12.1. The summed E-state index contributed by atoms with van der Waals surface area (Å²) in [7, 11) is 1.47. The highest BCUT2D eigenvalue weighted by Crippen LogP contribution is 2.25. The highest BCUT2D eigenvalue weighted by molar-refractivity contribution is 5.79. The van der Waals surface area contributed by atoms with Crippen LogP contribution in [0.25, 0.3) is 0 Å². The molecule has 0 aliphatic carbocycles. The van der Waals surface area contributed by atoms with Gasteiger partial charge < -0.3 is 24.3 Å². The molecule has 0 aromatic carbocycles. The van der Waals surface area contributed by atoms with Crippen LogP contribution in [0.2, 0.25) is 0 Å². The maximum Gasteiger partial charge on any atom is 0.414 e. The first kappa shape index (κ1) is 27.7. The average molecular weight is 453 g/mol. The van der Waals surface area contributed by atoms with Gasteiger partial charge in [0.05, 0.1) is 20.3 Å². The van der Waals surface area contributed by atoms with Crippen molar-refractivity contribution in [1.29, 1.82) is 0 Å². The largest absolute Gasteiger partial charge is 0.491 e. The molecular formula is C24H40N2O6. The molecular weight excluding hydrogens is 412 g/mol. The van der Waals surface area contributed by atoms with Crippen LogP contribution in [0.4, 0.5) is 4.79 Å². The highest BCUT2D eigenvalue weighted by Gasteiger charge is 2.14. The smallest absolute Gasteiger partial charge is 0.414 e. The predicted molar refractivity (Wildman–Crippen MR) is 123 cm³/mol. The number of esters is 1. The molecule has 0 radical (unpaired) electrons. The van der Waals surface area contributed by atoms with E-state index in [1.165, 1.54) is 39.2 Å². The van der Waals surface area contributed by atoms with Gasteiger partial charge in [0.25, 0.3) is 5.88 Å². The van der Waals surface area contributed by atoms with E-state index >= 15 is 0 Å². The van der Waals surface area contributed by atoms with Gasteiger partial charge >= 0.3 is 12.1 Å². The fourth-order valence-electron chi connectivity index (χ4n) is 2.98. The Morgan fingerprint density at radius 1 is 0.938 bits per heavy atom. The van der Waals surface area contributed by atoms with Crippen molar-refractivity contribution in [3.05, 3.63) is 17.8 Å². The zero-order valence-corrected chi connectivity index (χ0v) is 20.0. The van der Waals surface area contributed by atoms with E-state index in [0.717, 1.165) is 37.7 Å². The summed E-state index contributed by atoms with van der Waals surface area (Å²) in [5.41, 5.74) is 0.826. The van der Waals surface area contributed by atoms with Gasteiger partial charge in [-0.15, -0.1) is 0 Å². The molecule has 0 bridgehead atoms. The van der Waals surface area contributed by atoms with E-state index in [9.17, 15) is 9.59 Å². The maximum absolute atomic E-state index is 12.0. The number of carbonyl (C=O) groups is 2. The zero-order chi connectivity index (χ0) is 23.4. The first-order valence-electron chi connectivity index (χ1n) is 11.8. The molecule has 0 fully saturated rings. The monoisotopic (exact) mass is 452 g/mol. The summed E-state index contributed by atoms with van der Waals surface area (Å²) in [6.45, 7) is 5.52. The predicted octanol–water partition coefficient (Wildman–Crippen LogP) is 5.18. The summed E-state index contributed by atoms with van der Waals surface area (Å²) in [5, 5.41) is 2.36. The summed E-state index contributed by atoms with van der Waals surface area (Å²) >= 11 is 0. The van der Waals surface area contributed by atoms with E-state index in [1.54, 1.807) is 12.3 Å². The van der Waals surface area contributed by atoms with Gasteiger partial charge in [-0.3, -0.25) is 4.79 Å². The number of ether oxygens (including phenoxy) is 4. The van der Waals surface area contributed by atoms with Crippen LogP contribution in [0.15, 0.2) is 12.3 Å². The van der Waals surface area contributed by atoms with Crippen LogP contribution in [0.5, 0.6) is 11.6 Å². The van der Waals surface area contributed by atoms with Crippen LogP contribution in [0.3, 0.4) is 0 Å². The molecule has 0 aliphatic rings. The molecule has 0 atom stereocenters. The summed E-state index contributed by atoms with van der Waals surface area (Å²) in [6, 6.07) is 1.72. The minimum Gasteiger partial charge on any atom is -0.491 e. The molecule has 0 saturated carbocycles. The van der Waals surface area contributed by atoms with E-state index in [1.807, 2.05) is 0 Å². The number of nitrogens with zero attached hydrogens (tertiary/aromatic N) is 1. The van der Waals surface area contributed by atoms with Gasteiger partial charge in [0, 0.05) is 12.8 Å². The third-order valence-corrected chi connectivity index (χ3v) is 4.83. The molecule has 1 aromatic heterocycles. The molecule has 1 heterocycles. The Morgan fingerprint density at radius 3 is 2.31 bits per heavy atom. The van der Waals surface area contributed by atoms with Gasteiger partial charge in [-0.05, 0) is 24.5 Å². The molecule has 182 valence electrons. The topological polar surface area (TPSA) is 96.0 Å². The lowest BCUT2D eigenvalue weighted by Gasteiger charge is -2.11. The van der Waals surface area contributed by atoms with Crippen molar-refractivity contribution in [1.82, 2.24) is 10.3 Å². The number of aromatic nitrogens is 1. The summed E-state index contributed by atoms with van der Waals surface area (Å²) in [4.78, 5) is 27.8. The Hall–Kier alpha value is -2.35. The first-order valence-corrected chi connectivity index (χ1v) is 11.8. The van der Waals surface area contributed by atoms with Crippen molar-refractivity contribution in [3.63, 3.8) is 0 Å². The number of hydrogen-bond acceptors (Lipinski definition) is 7. The van der Waals surface area contributed by atoms with E-state index in [2.05, 4.69) is 24.1 Å². The minimum absolute atomic E-state index is 0.0256. The molecule has 1 N–H and O–H groups in total. The zero-order valence-electron chi connectivity index (χ0n) is 20.0. The summed E-state index contributed by atoms with van der Waals surface area (Å²) in [5.74, 6) is -0.159. The van der Waals surface area contributed by atoms with E-state index < -0.39 is 12.1 Å². The second kappa shape index (κ2) is 18.2. The van der Waals surface area contributed by atoms with Crippen LogP contribution in [-0.2, 0) is 20.9 Å². The quantitative estimate of drug-likeness (QED) is 0.242. The maximum atomic E-state index is 12.0. The molecule has 1 aromatic rings. The lowest BCUT2D eigenvalue weighted by Crippen LogP contribution is -2.33. The van der Waals surface area contributed by atoms with Gasteiger partial charge in [-0.25, -0.2) is 9.78 Å². The number of unbranched alkanes of at least 4 members (excludes halogenated alkanes) is 8. The average Bonchev–Trinajstić information content (AvgIpc) is 2.80. The molecule has 0 spiro atoms. The SMILES string of the molecule is CCCCCCCCOCc1cnc(OC(=O)NCC(=O)OCCCCCC)c(OC)c1. The van der Waals surface area contributed by atoms with Gasteiger partial charge in [0.1, 0.15) is 6.54 Å². The molecule has 0 saturated heterocycles. The third-order valence-electron chi connectivity index (χ3n) is 4.83. The number of carbonyl (C=O) groups excluding carboxylic acids is 2. The third kappa shape index (κ3) is 13.1. The Labute approximate surface area is 192 Å². The number of hydrogen-bond donors (Lipinski definition) is 1. The standard InChI is InChI=1S/C24H40N2O6/c1-4-6-8-10-11-12-14-30-19-20-16-21(29-3)23(25-17-20)32-24(28)26-18-22(27)31-15-13-9-7-5-2/h16-17H,4-15,18-19H2,1-3H3,(H,26,28). The van der Waals surface area contributed by atoms with Crippen molar-refractivity contribution in [2.45, 2.75) is 84.7 Å². The van der Waals surface area contributed by atoms with E-state index in [0.29, 0.717) is 25.6 Å². The highest BCUT2D eigenvalue weighted by atomic mass is 16.6. The Kier molecular flexibility index (Phi) is 15.8. The fourth-order valence-corrected chi connectivity index (χ4v) is 2.98. The number of methoxy groups -OCH3 is 1. The fraction of sp³-hybridized carbons (Fsp3) is 0.708. The molecule has 0 unspecified atom stereocenters. The molecule has 8 nitrogen and oxygen atoms in total. The second-order valence-corrected chi connectivity index (χ2v) is 7.70. The molecule has 1 amide bonds. The van der Waals surface area contributed by atoms with Crippen molar-refractivity contribution in [2.75, 3.05) is 26.9 Å². The lowest BCUT2D eigenvalue weighted by atomic mass is 10.1. The summed E-state index contributed by atoms with van der Waals surface area (Å²) < 4.78 is 21.2. The lowest BCUT2D eigenvalue weighted by molar-refractivity contribution is -0.142. The van der Waals surface area contributed by atoms with Crippen LogP contribution in [-0.4, -0.2) is 43.9 Å².